The number of carbonyl (C=O) groups excluding carboxylic acids is 1. The SMILES string of the molecule is COc1ccccc1OCC(=O)Nc1ncc(C#N)s1. The van der Waals surface area contributed by atoms with Gasteiger partial charge in [-0.25, -0.2) is 4.98 Å². The van der Waals surface area contributed by atoms with Crippen molar-refractivity contribution in [3.63, 3.8) is 0 Å². The molecule has 0 bridgehead atoms. The zero-order valence-electron chi connectivity index (χ0n) is 10.6. The average molecular weight is 289 g/mol. The van der Waals surface area contributed by atoms with E-state index in [-0.39, 0.29) is 12.5 Å². The first-order valence-corrected chi connectivity index (χ1v) is 6.46. The van der Waals surface area contributed by atoms with E-state index in [4.69, 9.17) is 14.7 Å². The van der Waals surface area contributed by atoms with Gasteiger partial charge in [-0.2, -0.15) is 5.26 Å². The Balaban J connectivity index is 1.90. The van der Waals surface area contributed by atoms with Crippen molar-refractivity contribution in [2.75, 3.05) is 19.0 Å². The Kier molecular flexibility index (Phi) is 4.52. The molecule has 0 aliphatic carbocycles. The highest BCUT2D eigenvalue weighted by Gasteiger charge is 2.09. The van der Waals surface area contributed by atoms with Gasteiger partial charge in [0.25, 0.3) is 5.91 Å². The van der Waals surface area contributed by atoms with Gasteiger partial charge >= 0.3 is 0 Å². The van der Waals surface area contributed by atoms with E-state index < -0.39 is 0 Å². The minimum Gasteiger partial charge on any atom is -0.493 e. The fraction of sp³-hybridized carbons (Fsp3) is 0.154. The monoisotopic (exact) mass is 289 g/mol. The molecule has 1 aromatic heterocycles. The number of hydrogen-bond donors (Lipinski definition) is 1. The summed E-state index contributed by atoms with van der Waals surface area (Å²) in [6, 6.07) is 9.00. The number of aromatic nitrogens is 1. The van der Waals surface area contributed by atoms with Crippen molar-refractivity contribution in [2.24, 2.45) is 0 Å². The van der Waals surface area contributed by atoms with Crippen molar-refractivity contribution in [3.05, 3.63) is 35.3 Å². The van der Waals surface area contributed by atoms with E-state index in [1.807, 2.05) is 12.1 Å². The smallest absolute Gasteiger partial charge is 0.264 e. The molecule has 2 rings (SSSR count). The van der Waals surface area contributed by atoms with Crippen LogP contribution in [0.3, 0.4) is 0 Å². The number of carbonyl (C=O) groups is 1. The highest BCUT2D eigenvalue weighted by atomic mass is 32.1. The van der Waals surface area contributed by atoms with Gasteiger partial charge in [0.1, 0.15) is 10.9 Å². The van der Waals surface area contributed by atoms with Crippen LogP contribution in [0, 0.1) is 11.3 Å². The summed E-state index contributed by atoms with van der Waals surface area (Å²) < 4.78 is 10.5. The lowest BCUT2D eigenvalue weighted by atomic mass is 10.3. The van der Waals surface area contributed by atoms with Gasteiger partial charge in [-0.1, -0.05) is 23.5 Å². The first kappa shape index (κ1) is 13.8. The molecule has 1 amide bonds. The Hall–Kier alpha value is -2.59. The number of nitrogens with one attached hydrogen (secondary N) is 1. The average Bonchev–Trinajstić information content (AvgIpc) is 2.93. The predicted octanol–water partition coefficient (Wildman–Crippen LogP) is 2.04. The lowest BCUT2D eigenvalue weighted by molar-refractivity contribution is -0.118. The summed E-state index contributed by atoms with van der Waals surface area (Å²) in [5.41, 5.74) is 0. The number of thiazole rings is 1. The molecular formula is C13H11N3O3S. The van der Waals surface area contributed by atoms with E-state index in [2.05, 4.69) is 10.3 Å². The van der Waals surface area contributed by atoms with Crippen LogP contribution in [0.5, 0.6) is 11.5 Å². The summed E-state index contributed by atoms with van der Waals surface area (Å²) in [4.78, 5) is 16.0. The number of nitrogens with zero attached hydrogens (tertiary/aromatic N) is 2. The van der Waals surface area contributed by atoms with E-state index >= 15 is 0 Å². The fourth-order valence-corrected chi connectivity index (χ4v) is 2.05. The van der Waals surface area contributed by atoms with Gasteiger partial charge in [0.2, 0.25) is 0 Å². The summed E-state index contributed by atoms with van der Waals surface area (Å²) in [7, 11) is 1.53. The van der Waals surface area contributed by atoms with Crippen LogP contribution in [0.2, 0.25) is 0 Å². The molecule has 7 heteroatoms. The number of methoxy groups -OCH3 is 1. The van der Waals surface area contributed by atoms with E-state index in [0.717, 1.165) is 11.3 Å². The Morgan fingerprint density at radius 1 is 1.45 bits per heavy atom. The summed E-state index contributed by atoms with van der Waals surface area (Å²) >= 11 is 1.11. The molecule has 0 saturated carbocycles. The fourth-order valence-electron chi connectivity index (χ4n) is 1.42. The largest absolute Gasteiger partial charge is 0.493 e. The van der Waals surface area contributed by atoms with E-state index in [9.17, 15) is 4.79 Å². The summed E-state index contributed by atoms with van der Waals surface area (Å²) in [5.74, 6) is 0.693. The molecule has 0 aliphatic heterocycles. The number of nitriles is 1. The van der Waals surface area contributed by atoms with E-state index in [1.54, 1.807) is 18.2 Å². The molecule has 102 valence electrons. The topological polar surface area (TPSA) is 84.2 Å². The lowest BCUT2D eigenvalue weighted by Gasteiger charge is -2.09. The van der Waals surface area contributed by atoms with Gasteiger partial charge in [-0.3, -0.25) is 10.1 Å². The molecule has 2 aromatic rings. The third kappa shape index (κ3) is 3.46. The van der Waals surface area contributed by atoms with E-state index in [1.165, 1.54) is 13.3 Å². The Morgan fingerprint density at radius 2 is 2.20 bits per heavy atom. The van der Waals surface area contributed by atoms with Crippen molar-refractivity contribution < 1.29 is 14.3 Å². The molecule has 0 aliphatic rings. The van der Waals surface area contributed by atoms with Crippen molar-refractivity contribution in [2.45, 2.75) is 0 Å². The number of anilines is 1. The van der Waals surface area contributed by atoms with Gasteiger partial charge in [-0.15, -0.1) is 0 Å². The van der Waals surface area contributed by atoms with E-state index in [0.29, 0.717) is 21.5 Å². The number of benzene rings is 1. The minimum atomic E-state index is -0.352. The number of amides is 1. The first-order chi connectivity index (χ1) is 9.72. The van der Waals surface area contributed by atoms with Crippen molar-refractivity contribution in [1.29, 1.82) is 5.26 Å². The summed E-state index contributed by atoms with van der Waals surface area (Å²) in [5, 5.41) is 11.6. The van der Waals surface area contributed by atoms with Crippen LogP contribution < -0.4 is 14.8 Å². The zero-order chi connectivity index (χ0) is 14.4. The first-order valence-electron chi connectivity index (χ1n) is 5.64. The molecule has 0 fully saturated rings. The molecule has 6 nitrogen and oxygen atoms in total. The van der Waals surface area contributed by atoms with Crippen molar-refractivity contribution in [3.8, 4) is 17.6 Å². The second-order valence-electron chi connectivity index (χ2n) is 3.63. The highest BCUT2D eigenvalue weighted by Crippen LogP contribution is 2.25. The van der Waals surface area contributed by atoms with Crippen LogP contribution in [-0.4, -0.2) is 24.6 Å². The summed E-state index contributed by atoms with van der Waals surface area (Å²) in [6.07, 6.45) is 1.40. The Labute approximate surface area is 119 Å². The standard InChI is InChI=1S/C13H11N3O3S/c1-18-10-4-2-3-5-11(10)19-8-12(17)16-13-15-7-9(6-14)20-13/h2-5,7H,8H2,1H3,(H,15,16,17). The molecule has 0 unspecified atom stereocenters. The minimum absolute atomic E-state index is 0.165. The molecular weight excluding hydrogens is 278 g/mol. The Bertz CT molecular complexity index is 648. The van der Waals surface area contributed by atoms with Crippen molar-refractivity contribution >= 4 is 22.4 Å². The predicted molar refractivity (Wildman–Crippen MR) is 73.9 cm³/mol. The van der Waals surface area contributed by atoms with Gasteiger partial charge in [0.15, 0.2) is 23.2 Å². The molecule has 1 N–H and O–H groups in total. The maximum Gasteiger partial charge on any atom is 0.264 e. The van der Waals surface area contributed by atoms with Crippen LogP contribution in [0.4, 0.5) is 5.13 Å². The van der Waals surface area contributed by atoms with Gasteiger partial charge in [0, 0.05) is 0 Å². The molecule has 20 heavy (non-hydrogen) atoms. The van der Waals surface area contributed by atoms with Gasteiger partial charge < -0.3 is 9.47 Å². The molecule has 1 aromatic carbocycles. The molecule has 1 heterocycles. The lowest BCUT2D eigenvalue weighted by Crippen LogP contribution is -2.20. The van der Waals surface area contributed by atoms with Crippen LogP contribution in [0.25, 0.3) is 0 Å². The number of para-hydroxylation sites is 2. The van der Waals surface area contributed by atoms with Crippen LogP contribution in [-0.2, 0) is 4.79 Å². The number of hydrogen-bond acceptors (Lipinski definition) is 6. The van der Waals surface area contributed by atoms with Gasteiger partial charge in [-0.05, 0) is 12.1 Å². The molecule has 0 radical (unpaired) electrons. The zero-order valence-corrected chi connectivity index (χ0v) is 11.4. The van der Waals surface area contributed by atoms with Crippen molar-refractivity contribution in [1.82, 2.24) is 4.98 Å². The van der Waals surface area contributed by atoms with Gasteiger partial charge in [0.05, 0.1) is 13.3 Å². The quantitative estimate of drug-likeness (QED) is 0.910. The number of ether oxygens (including phenoxy) is 2. The maximum atomic E-state index is 11.7. The molecule has 0 spiro atoms. The van der Waals surface area contributed by atoms with Crippen LogP contribution >= 0.6 is 11.3 Å². The normalized spacial score (nSPS) is 9.60. The third-order valence-corrected chi connectivity index (χ3v) is 3.11. The second-order valence-corrected chi connectivity index (χ2v) is 4.66. The maximum absolute atomic E-state index is 11.7. The van der Waals surface area contributed by atoms with Crippen LogP contribution in [0.15, 0.2) is 30.5 Å². The second kappa shape index (κ2) is 6.54. The third-order valence-electron chi connectivity index (χ3n) is 2.29. The van der Waals surface area contributed by atoms with Crippen LogP contribution in [0.1, 0.15) is 4.88 Å². The molecule has 0 saturated heterocycles. The Morgan fingerprint density at radius 3 is 2.85 bits per heavy atom. The molecule has 0 atom stereocenters. The number of rotatable bonds is 5. The summed E-state index contributed by atoms with van der Waals surface area (Å²) in [6.45, 7) is -0.165. The highest BCUT2D eigenvalue weighted by molar-refractivity contribution is 7.16.